The standard InChI is InChI=1S/C14H20/c1-11-6-5-8-13(10-11)14-9-4-3-7-12(14)2/h5-6,8,10,12,14H,3-4,7,9H2,1-2H3. The Hall–Kier alpha value is -0.780. The first kappa shape index (κ1) is 9.76. The van der Waals surface area contributed by atoms with Crippen molar-refractivity contribution in [2.24, 2.45) is 5.92 Å². The highest BCUT2D eigenvalue weighted by Gasteiger charge is 2.22. The van der Waals surface area contributed by atoms with Gasteiger partial charge in [-0.05, 0) is 30.7 Å². The monoisotopic (exact) mass is 188 g/mol. The predicted molar refractivity (Wildman–Crippen MR) is 61.6 cm³/mol. The van der Waals surface area contributed by atoms with Crippen LogP contribution in [-0.4, -0.2) is 0 Å². The van der Waals surface area contributed by atoms with E-state index in [1.807, 2.05) is 0 Å². The number of hydrogen-bond acceptors (Lipinski definition) is 0. The molecule has 0 saturated heterocycles. The second-order valence-electron chi connectivity index (χ2n) is 4.78. The zero-order chi connectivity index (χ0) is 9.97. The predicted octanol–water partition coefficient (Wildman–Crippen LogP) is 4.29. The molecule has 1 saturated carbocycles. The van der Waals surface area contributed by atoms with Crippen LogP contribution in [0.5, 0.6) is 0 Å². The SMILES string of the molecule is Cc1cccc(C2CCCCC2C)c1. The van der Waals surface area contributed by atoms with Crippen LogP contribution in [0.2, 0.25) is 0 Å². The second-order valence-corrected chi connectivity index (χ2v) is 4.78. The van der Waals surface area contributed by atoms with Gasteiger partial charge in [0.05, 0.1) is 0 Å². The van der Waals surface area contributed by atoms with Gasteiger partial charge >= 0.3 is 0 Å². The van der Waals surface area contributed by atoms with Crippen LogP contribution >= 0.6 is 0 Å². The molecule has 0 aromatic heterocycles. The first-order valence-corrected chi connectivity index (χ1v) is 5.84. The maximum absolute atomic E-state index is 2.41. The fraction of sp³-hybridized carbons (Fsp3) is 0.571. The molecule has 2 atom stereocenters. The van der Waals surface area contributed by atoms with Crippen molar-refractivity contribution in [2.45, 2.75) is 45.4 Å². The van der Waals surface area contributed by atoms with Gasteiger partial charge in [0.2, 0.25) is 0 Å². The minimum absolute atomic E-state index is 0.823. The Bertz CT molecular complexity index is 301. The summed E-state index contributed by atoms with van der Waals surface area (Å²) in [6, 6.07) is 9.06. The molecule has 1 fully saturated rings. The van der Waals surface area contributed by atoms with Crippen LogP contribution in [-0.2, 0) is 0 Å². The topological polar surface area (TPSA) is 0 Å². The Labute approximate surface area is 87.3 Å². The van der Waals surface area contributed by atoms with Gasteiger partial charge in [-0.25, -0.2) is 0 Å². The number of benzene rings is 1. The summed E-state index contributed by atoms with van der Waals surface area (Å²) < 4.78 is 0. The summed E-state index contributed by atoms with van der Waals surface area (Å²) in [6.45, 7) is 4.60. The largest absolute Gasteiger partial charge is 0.0619 e. The van der Waals surface area contributed by atoms with Gasteiger partial charge in [0.15, 0.2) is 0 Å². The van der Waals surface area contributed by atoms with Crippen molar-refractivity contribution < 1.29 is 0 Å². The lowest BCUT2D eigenvalue weighted by Crippen LogP contribution is -2.14. The molecule has 1 aromatic carbocycles. The van der Waals surface area contributed by atoms with Crippen LogP contribution in [0.4, 0.5) is 0 Å². The van der Waals surface area contributed by atoms with E-state index < -0.39 is 0 Å². The second kappa shape index (κ2) is 4.16. The van der Waals surface area contributed by atoms with Crippen molar-refractivity contribution in [3.8, 4) is 0 Å². The fourth-order valence-electron chi connectivity index (χ4n) is 2.71. The average molecular weight is 188 g/mol. The van der Waals surface area contributed by atoms with Crippen LogP contribution in [0.3, 0.4) is 0 Å². The Kier molecular flexibility index (Phi) is 2.90. The van der Waals surface area contributed by atoms with E-state index in [2.05, 4.69) is 38.1 Å². The van der Waals surface area contributed by atoms with Crippen molar-refractivity contribution in [3.05, 3.63) is 35.4 Å². The van der Waals surface area contributed by atoms with Gasteiger partial charge in [-0.3, -0.25) is 0 Å². The van der Waals surface area contributed by atoms with Crippen molar-refractivity contribution in [1.29, 1.82) is 0 Å². The summed E-state index contributed by atoms with van der Waals surface area (Å²) in [4.78, 5) is 0. The normalized spacial score (nSPS) is 27.6. The molecule has 76 valence electrons. The Morgan fingerprint density at radius 2 is 1.93 bits per heavy atom. The van der Waals surface area contributed by atoms with Gasteiger partial charge in [0, 0.05) is 0 Å². The van der Waals surface area contributed by atoms with Gasteiger partial charge in [-0.2, -0.15) is 0 Å². The first-order valence-electron chi connectivity index (χ1n) is 5.84. The summed E-state index contributed by atoms with van der Waals surface area (Å²) in [6.07, 6.45) is 5.66. The van der Waals surface area contributed by atoms with E-state index in [0.29, 0.717) is 0 Å². The van der Waals surface area contributed by atoms with Crippen LogP contribution in [0.25, 0.3) is 0 Å². The lowest BCUT2D eigenvalue weighted by molar-refractivity contribution is 0.330. The Morgan fingerprint density at radius 1 is 1.14 bits per heavy atom. The summed E-state index contributed by atoms with van der Waals surface area (Å²) in [7, 11) is 0. The van der Waals surface area contributed by atoms with Crippen molar-refractivity contribution in [3.63, 3.8) is 0 Å². The smallest absolute Gasteiger partial charge is 0.0136 e. The molecule has 0 bridgehead atoms. The Morgan fingerprint density at radius 3 is 2.64 bits per heavy atom. The molecule has 2 rings (SSSR count). The molecule has 2 unspecified atom stereocenters. The molecular formula is C14H20. The van der Waals surface area contributed by atoms with Gasteiger partial charge in [0.25, 0.3) is 0 Å². The molecule has 14 heavy (non-hydrogen) atoms. The first-order chi connectivity index (χ1) is 6.77. The zero-order valence-electron chi connectivity index (χ0n) is 9.29. The minimum Gasteiger partial charge on any atom is -0.0619 e. The van der Waals surface area contributed by atoms with E-state index >= 15 is 0 Å². The molecule has 0 radical (unpaired) electrons. The molecule has 1 aliphatic carbocycles. The van der Waals surface area contributed by atoms with Crippen molar-refractivity contribution in [1.82, 2.24) is 0 Å². The maximum Gasteiger partial charge on any atom is -0.0136 e. The van der Waals surface area contributed by atoms with E-state index in [0.717, 1.165) is 11.8 Å². The lowest BCUT2D eigenvalue weighted by atomic mass is 9.76. The van der Waals surface area contributed by atoms with E-state index in [4.69, 9.17) is 0 Å². The van der Waals surface area contributed by atoms with Gasteiger partial charge < -0.3 is 0 Å². The van der Waals surface area contributed by atoms with Crippen LogP contribution in [0.1, 0.15) is 49.7 Å². The molecule has 0 nitrogen and oxygen atoms in total. The molecule has 0 heteroatoms. The zero-order valence-corrected chi connectivity index (χ0v) is 9.29. The molecule has 0 amide bonds. The summed E-state index contributed by atoms with van der Waals surface area (Å²) in [5.74, 6) is 1.70. The summed E-state index contributed by atoms with van der Waals surface area (Å²) in [5, 5.41) is 0. The van der Waals surface area contributed by atoms with Gasteiger partial charge in [-0.1, -0.05) is 56.0 Å². The third-order valence-electron chi connectivity index (χ3n) is 3.58. The Balaban J connectivity index is 2.20. The molecule has 0 N–H and O–H groups in total. The van der Waals surface area contributed by atoms with Crippen LogP contribution in [0, 0.1) is 12.8 Å². The van der Waals surface area contributed by atoms with E-state index in [-0.39, 0.29) is 0 Å². The van der Waals surface area contributed by atoms with E-state index in [9.17, 15) is 0 Å². The van der Waals surface area contributed by atoms with Crippen molar-refractivity contribution in [2.75, 3.05) is 0 Å². The number of rotatable bonds is 1. The molecule has 0 heterocycles. The molecule has 1 aliphatic rings. The number of aryl methyl sites for hydroxylation is 1. The fourth-order valence-corrected chi connectivity index (χ4v) is 2.71. The van der Waals surface area contributed by atoms with E-state index in [1.54, 1.807) is 5.56 Å². The van der Waals surface area contributed by atoms with Gasteiger partial charge in [-0.15, -0.1) is 0 Å². The average Bonchev–Trinajstić information content (AvgIpc) is 2.18. The molecular weight excluding hydrogens is 168 g/mol. The third-order valence-corrected chi connectivity index (χ3v) is 3.58. The van der Waals surface area contributed by atoms with Crippen molar-refractivity contribution >= 4 is 0 Å². The summed E-state index contributed by atoms with van der Waals surface area (Å²) in [5.41, 5.74) is 2.97. The molecule has 1 aromatic rings. The minimum atomic E-state index is 0.823. The van der Waals surface area contributed by atoms with E-state index in [1.165, 1.54) is 31.2 Å². The van der Waals surface area contributed by atoms with Crippen LogP contribution < -0.4 is 0 Å². The molecule has 0 spiro atoms. The highest BCUT2D eigenvalue weighted by atomic mass is 14.3. The quantitative estimate of drug-likeness (QED) is 0.616. The number of hydrogen-bond donors (Lipinski definition) is 0. The van der Waals surface area contributed by atoms with Crippen LogP contribution in [0.15, 0.2) is 24.3 Å². The summed E-state index contributed by atoms with van der Waals surface area (Å²) >= 11 is 0. The highest BCUT2D eigenvalue weighted by molar-refractivity contribution is 5.26. The highest BCUT2D eigenvalue weighted by Crippen LogP contribution is 2.37. The lowest BCUT2D eigenvalue weighted by Gasteiger charge is -2.29. The molecule has 0 aliphatic heterocycles. The third kappa shape index (κ3) is 2.00. The van der Waals surface area contributed by atoms with Gasteiger partial charge in [0.1, 0.15) is 0 Å². The maximum atomic E-state index is 2.41.